The number of nitrogens with one attached hydrogen (secondary N) is 1. The number of rotatable bonds is 7. The quantitative estimate of drug-likeness (QED) is 0.468. The molecule has 0 aliphatic heterocycles. The molecule has 0 heterocycles. The molecule has 0 aromatic carbocycles. The minimum atomic E-state index is 0.362. The standard InChI is InChI=1S/C12H21N/c1-5-8-9-11(6-2)10-12(7-3)13-4/h6-7,9,12-13H,2-3,5,8,10H2,1,4H3/b11-9+. The third-order valence-corrected chi connectivity index (χ3v) is 2.07. The van der Waals surface area contributed by atoms with Gasteiger partial charge < -0.3 is 5.32 Å². The third-order valence-electron chi connectivity index (χ3n) is 2.07. The monoisotopic (exact) mass is 179 g/mol. The minimum Gasteiger partial charge on any atom is -0.313 e. The lowest BCUT2D eigenvalue weighted by molar-refractivity contribution is 0.665. The van der Waals surface area contributed by atoms with E-state index in [9.17, 15) is 0 Å². The number of allylic oxidation sites excluding steroid dienone is 2. The number of likely N-dealkylation sites (N-methyl/N-ethyl adjacent to an activating group) is 1. The van der Waals surface area contributed by atoms with Crippen LogP contribution in [-0.4, -0.2) is 13.1 Å². The van der Waals surface area contributed by atoms with Gasteiger partial charge in [-0.2, -0.15) is 0 Å². The smallest absolute Gasteiger partial charge is 0.0284 e. The largest absolute Gasteiger partial charge is 0.313 e. The fraction of sp³-hybridized carbons (Fsp3) is 0.500. The summed E-state index contributed by atoms with van der Waals surface area (Å²) in [5.41, 5.74) is 1.31. The molecule has 0 aliphatic rings. The predicted octanol–water partition coefficient (Wildman–Crippen LogP) is 3.06. The van der Waals surface area contributed by atoms with Gasteiger partial charge in [-0.3, -0.25) is 0 Å². The van der Waals surface area contributed by atoms with Gasteiger partial charge in [0.2, 0.25) is 0 Å². The summed E-state index contributed by atoms with van der Waals surface area (Å²) < 4.78 is 0. The molecule has 0 saturated heterocycles. The molecule has 0 bridgehead atoms. The highest BCUT2D eigenvalue weighted by Crippen LogP contribution is 2.09. The maximum Gasteiger partial charge on any atom is 0.0284 e. The van der Waals surface area contributed by atoms with Crippen molar-refractivity contribution in [3.63, 3.8) is 0 Å². The molecule has 1 nitrogen and oxygen atoms in total. The van der Waals surface area contributed by atoms with E-state index in [-0.39, 0.29) is 0 Å². The minimum absolute atomic E-state index is 0.362. The molecule has 13 heavy (non-hydrogen) atoms. The van der Waals surface area contributed by atoms with Gasteiger partial charge in [0.25, 0.3) is 0 Å². The van der Waals surface area contributed by atoms with Gasteiger partial charge in [-0.25, -0.2) is 0 Å². The molecule has 0 aromatic rings. The number of hydrogen-bond acceptors (Lipinski definition) is 1. The Morgan fingerprint density at radius 3 is 2.54 bits per heavy atom. The van der Waals surface area contributed by atoms with Crippen LogP contribution in [0.5, 0.6) is 0 Å². The van der Waals surface area contributed by atoms with Gasteiger partial charge in [0.15, 0.2) is 0 Å². The summed E-state index contributed by atoms with van der Waals surface area (Å²) in [7, 11) is 1.95. The maximum absolute atomic E-state index is 3.81. The highest BCUT2D eigenvalue weighted by Gasteiger charge is 2.01. The van der Waals surface area contributed by atoms with Crippen LogP contribution in [0.3, 0.4) is 0 Å². The SMILES string of the molecule is C=C/C(=C\CCC)CC(C=C)NC. The Kier molecular flexibility index (Phi) is 7.32. The molecule has 74 valence electrons. The van der Waals surface area contributed by atoms with E-state index in [1.54, 1.807) is 0 Å². The average Bonchev–Trinajstić information content (AvgIpc) is 2.19. The molecule has 0 radical (unpaired) electrons. The van der Waals surface area contributed by atoms with Crippen LogP contribution in [0.2, 0.25) is 0 Å². The van der Waals surface area contributed by atoms with E-state index in [0.29, 0.717) is 6.04 Å². The summed E-state index contributed by atoms with van der Waals surface area (Å²) in [5.74, 6) is 0. The second-order valence-electron chi connectivity index (χ2n) is 3.11. The molecule has 0 spiro atoms. The number of unbranched alkanes of at least 4 members (excludes halogenated alkanes) is 1. The Hall–Kier alpha value is -0.820. The van der Waals surface area contributed by atoms with Gasteiger partial charge in [-0.05, 0) is 19.9 Å². The number of hydrogen-bond donors (Lipinski definition) is 1. The second kappa shape index (κ2) is 7.81. The summed E-state index contributed by atoms with van der Waals surface area (Å²) >= 11 is 0. The molecule has 0 aromatic heterocycles. The van der Waals surface area contributed by atoms with Crippen LogP contribution < -0.4 is 5.32 Å². The van der Waals surface area contributed by atoms with Crippen molar-refractivity contribution in [2.24, 2.45) is 0 Å². The first-order chi connectivity index (χ1) is 6.28. The summed E-state index contributed by atoms with van der Waals surface area (Å²) in [6.45, 7) is 9.76. The van der Waals surface area contributed by atoms with Crippen molar-refractivity contribution < 1.29 is 0 Å². The van der Waals surface area contributed by atoms with Crippen molar-refractivity contribution in [3.8, 4) is 0 Å². The summed E-state index contributed by atoms with van der Waals surface area (Å²) in [4.78, 5) is 0. The van der Waals surface area contributed by atoms with Gasteiger partial charge in [0, 0.05) is 6.04 Å². The molecule has 0 rings (SSSR count). The van der Waals surface area contributed by atoms with Crippen LogP contribution in [-0.2, 0) is 0 Å². The fourth-order valence-corrected chi connectivity index (χ4v) is 1.14. The lowest BCUT2D eigenvalue weighted by atomic mass is 10.0. The topological polar surface area (TPSA) is 12.0 Å². The van der Waals surface area contributed by atoms with E-state index in [4.69, 9.17) is 0 Å². The van der Waals surface area contributed by atoms with Crippen LogP contribution in [0.15, 0.2) is 37.0 Å². The molecule has 0 aliphatic carbocycles. The summed E-state index contributed by atoms with van der Waals surface area (Å²) in [6.07, 6.45) is 9.43. The molecule has 1 unspecified atom stereocenters. The predicted molar refractivity (Wildman–Crippen MR) is 60.8 cm³/mol. The van der Waals surface area contributed by atoms with Gasteiger partial charge in [0.1, 0.15) is 0 Å². The van der Waals surface area contributed by atoms with E-state index in [1.807, 2.05) is 19.2 Å². The zero-order valence-electron chi connectivity index (χ0n) is 8.84. The first-order valence-corrected chi connectivity index (χ1v) is 4.89. The summed E-state index contributed by atoms with van der Waals surface area (Å²) in [6, 6.07) is 0.362. The fourth-order valence-electron chi connectivity index (χ4n) is 1.14. The lowest BCUT2D eigenvalue weighted by Crippen LogP contribution is -2.22. The maximum atomic E-state index is 3.81. The Labute approximate surface area is 82.2 Å². The van der Waals surface area contributed by atoms with Crippen LogP contribution in [0, 0.1) is 0 Å². The Morgan fingerprint density at radius 1 is 1.46 bits per heavy atom. The molecule has 1 heteroatoms. The van der Waals surface area contributed by atoms with Crippen LogP contribution >= 0.6 is 0 Å². The van der Waals surface area contributed by atoms with Crippen molar-refractivity contribution >= 4 is 0 Å². The molecule has 0 fully saturated rings. The van der Waals surface area contributed by atoms with E-state index >= 15 is 0 Å². The average molecular weight is 179 g/mol. The van der Waals surface area contributed by atoms with Gasteiger partial charge in [-0.15, -0.1) is 6.58 Å². The molecule has 0 amide bonds. The molecule has 0 saturated carbocycles. The highest BCUT2D eigenvalue weighted by atomic mass is 14.9. The van der Waals surface area contributed by atoms with E-state index in [2.05, 4.69) is 31.5 Å². The van der Waals surface area contributed by atoms with Crippen LogP contribution in [0.1, 0.15) is 26.2 Å². The van der Waals surface area contributed by atoms with Crippen molar-refractivity contribution in [1.29, 1.82) is 0 Å². The lowest BCUT2D eigenvalue weighted by Gasteiger charge is -2.11. The zero-order chi connectivity index (χ0) is 10.1. The third kappa shape index (κ3) is 5.42. The van der Waals surface area contributed by atoms with E-state index in [1.165, 1.54) is 12.0 Å². The highest BCUT2D eigenvalue weighted by molar-refractivity contribution is 5.18. The van der Waals surface area contributed by atoms with Crippen molar-refractivity contribution in [3.05, 3.63) is 37.0 Å². The van der Waals surface area contributed by atoms with Crippen LogP contribution in [0.25, 0.3) is 0 Å². The van der Waals surface area contributed by atoms with Crippen molar-refractivity contribution in [1.82, 2.24) is 5.32 Å². The molecule has 1 N–H and O–H groups in total. The molecular weight excluding hydrogens is 158 g/mol. The normalized spacial score (nSPS) is 13.8. The second-order valence-corrected chi connectivity index (χ2v) is 3.11. The zero-order valence-corrected chi connectivity index (χ0v) is 8.84. The van der Waals surface area contributed by atoms with E-state index < -0.39 is 0 Å². The first-order valence-electron chi connectivity index (χ1n) is 4.89. The van der Waals surface area contributed by atoms with Crippen molar-refractivity contribution in [2.75, 3.05) is 7.05 Å². The van der Waals surface area contributed by atoms with Gasteiger partial charge >= 0.3 is 0 Å². The van der Waals surface area contributed by atoms with E-state index in [0.717, 1.165) is 12.8 Å². The van der Waals surface area contributed by atoms with Gasteiger partial charge in [-0.1, -0.05) is 43.7 Å². The van der Waals surface area contributed by atoms with Crippen LogP contribution in [0.4, 0.5) is 0 Å². The molecule has 1 atom stereocenters. The molecular formula is C12H21N. The Balaban J connectivity index is 4.09. The first kappa shape index (κ1) is 12.2. The Morgan fingerprint density at radius 2 is 2.15 bits per heavy atom. The summed E-state index contributed by atoms with van der Waals surface area (Å²) in [5, 5.41) is 3.19. The van der Waals surface area contributed by atoms with Crippen molar-refractivity contribution in [2.45, 2.75) is 32.2 Å². The Bertz CT molecular complexity index is 180. The van der Waals surface area contributed by atoms with Gasteiger partial charge in [0.05, 0.1) is 0 Å².